The Labute approximate surface area is 198 Å². The Balaban J connectivity index is 1.91. The van der Waals surface area contributed by atoms with Crippen LogP contribution in [0, 0.1) is 0 Å². The van der Waals surface area contributed by atoms with Crippen molar-refractivity contribution in [2.75, 3.05) is 26.1 Å². The first kappa shape index (κ1) is 24.8. The van der Waals surface area contributed by atoms with Gasteiger partial charge in [-0.2, -0.15) is 5.10 Å². The van der Waals surface area contributed by atoms with Crippen molar-refractivity contribution in [3.63, 3.8) is 0 Å². The minimum absolute atomic E-state index is 0.0283. The van der Waals surface area contributed by atoms with Gasteiger partial charge in [-0.1, -0.05) is 6.92 Å². The summed E-state index contributed by atoms with van der Waals surface area (Å²) in [7, 11) is 4.85. The molecule has 1 amide bonds. The molecule has 9 heteroatoms. The third kappa shape index (κ3) is 6.35. The molecule has 0 spiro atoms. The highest BCUT2D eigenvalue weighted by Crippen LogP contribution is 2.32. The predicted octanol–water partition coefficient (Wildman–Crippen LogP) is 4.48. The molecule has 0 radical (unpaired) electrons. The van der Waals surface area contributed by atoms with Crippen LogP contribution in [0.2, 0.25) is 0 Å². The molecule has 0 aliphatic carbocycles. The van der Waals surface area contributed by atoms with Crippen molar-refractivity contribution in [1.29, 1.82) is 0 Å². The van der Waals surface area contributed by atoms with Gasteiger partial charge in [-0.25, -0.2) is 0 Å². The molecule has 9 nitrogen and oxygen atoms in total. The SMILES string of the molecule is CCC(=O)c1ccc(Oc2cc(O[C@@H](C)COC)cc(C(=O)Nc3ccn(C)n3)c2)cc1OC. The molecule has 3 rings (SSSR count). The fourth-order valence-electron chi connectivity index (χ4n) is 3.29. The van der Waals surface area contributed by atoms with Crippen molar-refractivity contribution in [3.05, 3.63) is 59.8 Å². The van der Waals surface area contributed by atoms with Gasteiger partial charge >= 0.3 is 0 Å². The number of carbonyl (C=O) groups excluding carboxylic acids is 2. The first-order valence-electron chi connectivity index (χ1n) is 10.8. The topological polar surface area (TPSA) is 101 Å². The Bertz CT molecular complexity index is 1160. The van der Waals surface area contributed by atoms with Gasteiger partial charge in [0.25, 0.3) is 5.91 Å². The molecule has 0 saturated carbocycles. The number of ether oxygens (including phenoxy) is 4. The number of aromatic nitrogens is 2. The predicted molar refractivity (Wildman–Crippen MR) is 127 cm³/mol. The van der Waals surface area contributed by atoms with E-state index in [2.05, 4.69) is 10.4 Å². The summed E-state index contributed by atoms with van der Waals surface area (Å²) in [5, 5.41) is 6.93. The molecule has 34 heavy (non-hydrogen) atoms. The van der Waals surface area contributed by atoms with Crippen LogP contribution in [0.5, 0.6) is 23.0 Å². The Morgan fingerprint density at radius 3 is 2.47 bits per heavy atom. The monoisotopic (exact) mass is 467 g/mol. The molecule has 0 bridgehead atoms. The molecule has 0 saturated heterocycles. The fraction of sp³-hybridized carbons (Fsp3) is 0.320. The third-order valence-corrected chi connectivity index (χ3v) is 4.87. The summed E-state index contributed by atoms with van der Waals surface area (Å²) in [6, 6.07) is 11.6. The normalized spacial score (nSPS) is 11.6. The maximum Gasteiger partial charge on any atom is 0.257 e. The Kier molecular flexibility index (Phi) is 8.26. The van der Waals surface area contributed by atoms with Crippen molar-refractivity contribution < 1.29 is 28.5 Å². The molecule has 180 valence electrons. The van der Waals surface area contributed by atoms with Crippen LogP contribution in [0.1, 0.15) is 41.0 Å². The number of hydrogen-bond donors (Lipinski definition) is 1. The van der Waals surface area contributed by atoms with E-state index in [0.717, 1.165) is 0 Å². The first-order chi connectivity index (χ1) is 16.3. The summed E-state index contributed by atoms with van der Waals surface area (Å²) in [4.78, 5) is 25.0. The third-order valence-electron chi connectivity index (χ3n) is 4.87. The van der Waals surface area contributed by atoms with E-state index in [0.29, 0.717) is 53.0 Å². The summed E-state index contributed by atoms with van der Waals surface area (Å²) in [6.45, 7) is 4.03. The van der Waals surface area contributed by atoms with Crippen LogP contribution in [0.4, 0.5) is 5.82 Å². The molecule has 1 heterocycles. The molecular formula is C25H29N3O6. The number of hydrogen-bond acceptors (Lipinski definition) is 7. The van der Waals surface area contributed by atoms with E-state index in [-0.39, 0.29) is 17.8 Å². The van der Waals surface area contributed by atoms with Gasteiger partial charge in [0, 0.05) is 50.5 Å². The van der Waals surface area contributed by atoms with E-state index in [1.165, 1.54) is 7.11 Å². The van der Waals surface area contributed by atoms with Crippen LogP contribution in [0.3, 0.4) is 0 Å². The number of aryl methyl sites for hydroxylation is 1. The van der Waals surface area contributed by atoms with Crippen molar-refractivity contribution in [1.82, 2.24) is 9.78 Å². The minimum atomic E-state index is -0.366. The molecule has 2 aromatic carbocycles. The van der Waals surface area contributed by atoms with Crippen LogP contribution in [0.25, 0.3) is 0 Å². The lowest BCUT2D eigenvalue weighted by Crippen LogP contribution is -2.18. The van der Waals surface area contributed by atoms with Gasteiger partial charge in [0.1, 0.15) is 29.1 Å². The number of benzene rings is 2. The molecule has 1 atom stereocenters. The molecule has 0 aliphatic heterocycles. The highest BCUT2D eigenvalue weighted by atomic mass is 16.5. The van der Waals surface area contributed by atoms with E-state index in [1.807, 2.05) is 6.92 Å². The number of nitrogens with zero attached hydrogens (tertiary/aromatic N) is 2. The molecule has 0 unspecified atom stereocenters. The van der Waals surface area contributed by atoms with Gasteiger partial charge in [0.05, 0.1) is 19.3 Å². The average Bonchev–Trinajstić information content (AvgIpc) is 3.22. The van der Waals surface area contributed by atoms with Gasteiger partial charge in [0.2, 0.25) is 0 Å². The number of amides is 1. The van der Waals surface area contributed by atoms with Crippen LogP contribution in [-0.2, 0) is 11.8 Å². The average molecular weight is 468 g/mol. The lowest BCUT2D eigenvalue weighted by molar-refractivity contribution is 0.0915. The van der Waals surface area contributed by atoms with Crippen molar-refractivity contribution in [2.45, 2.75) is 26.4 Å². The zero-order valence-corrected chi connectivity index (χ0v) is 20.0. The van der Waals surface area contributed by atoms with E-state index in [1.54, 1.807) is 74.4 Å². The number of methoxy groups -OCH3 is 2. The molecule has 1 aromatic heterocycles. The highest BCUT2D eigenvalue weighted by molar-refractivity contribution is 6.04. The lowest BCUT2D eigenvalue weighted by Gasteiger charge is -2.16. The molecule has 3 aromatic rings. The minimum Gasteiger partial charge on any atom is -0.496 e. The molecule has 0 fully saturated rings. The van der Waals surface area contributed by atoms with Gasteiger partial charge in [0.15, 0.2) is 11.6 Å². The second-order valence-corrected chi connectivity index (χ2v) is 7.65. The van der Waals surface area contributed by atoms with Crippen molar-refractivity contribution in [2.24, 2.45) is 7.05 Å². The molecule has 1 N–H and O–H groups in total. The van der Waals surface area contributed by atoms with Gasteiger partial charge < -0.3 is 24.3 Å². The number of rotatable bonds is 11. The lowest BCUT2D eigenvalue weighted by atomic mass is 10.1. The van der Waals surface area contributed by atoms with Crippen LogP contribution in [0.15, 0.2) is 48.7 Å². The van der Waals surface area contributed by atoms with Crippen LogP contribution < -0.4 is 19.5 Å². The summed E-state index contributed by atoms with van der Waals surface area (Å²) in [5.41, 5.74) is 0.811. The van der Waals surface area contributed by atoms with E-state index < -0.39 is 0 Å². The second-order valence-electron chi connectivity index (χ2n) is 7.65. The number of ketones is 1. The van der Waals surface area contributed by atoms with Gasteiger partial charge in [-0.15, -0.1) is 0 Å². The van der Waals surface area contributed by atoms with Crippen molar-refractivity contribution in [3.8, 4) is 23.0 Å². The number of nitrogens with one attached hydrogen (secondary N) is 1. The number of carbonyl (C=O) groups is 2. The van der Waals surface area contributed by atoms with E-state index in [4.69, 9.17) is 18.9 Å². The van der Waals surface area contributed by atoms with E-state index in [9.17, 15) is 9.59 Å². The van der Waals surface area contributed by atoms with Crippen LogP contribution in [-0.4, -0.2) is 48.4 Å². The smallest absolute Gasteiger partial charge is 0.257 e. The molecule has 0 aliphatic rings. The number of anilines is 1. The Hall–Kier alpha value is -3.85. The molecular weight excluding hydrogens is 438 g/mol. The maximum atomic E-state index is 12.9. The van der Waals surface area contributed by atoms with Gasteiger partial charge in [-0.3, -0.25) is 14.3 Å². The number of Topliss-reactive ketones (excluding diaryl/α,β-unsaturated/α-hetero) is 1. The largest absolute Gasteiger partial charge is 0.496 e. The summed E-state index contributed by atoms with van der Waals surface area (Å²) in [6.07, 6.45) is 1.85. The Morgan fingerprint density at radius 1 is 1.06 bits per heavy atom. The van der Waals surface area contributed by atoms with Gasteiger partial charge in [-0.05, 0) is 31.2 Å². The van der Waals surface area contributed by atoms with Crippen LogP contribution >= 0.6 is 0 Å². The highest BCUT2D eigenvalue weighted by Gasteiger charge is 2.16. The van der Waals surface area contributed by atoms with E-state index >= 15 is 0 Å². The van der Waals surface area contributed by atoms with Crippen molar-refractivity contribution >= 4 is 17.5 Å². The fourth-order valence-corrected chi connectivity index (χ4v) is 3.29. The zero-order chi connectivity index (χ0) is 24.7. The maximum absolute atomic E-state index is 12.9. The summed E-state index contributed by atoms with van der Waals surface area (Å²) in [5.74, 6) is 1.72. The summed E-state index contributed by atoms with van der Waals surface area (Å²) < 4.78 is 24.0. The standard InChI is InChI=1S/C25H29N3O6/c1-6-22(29)21-8-7-18(14-23(21)32-5)34-20-12-17(11-19(13-20)33-16(2)15-31-4)25(30)26-24-9-10-28(3)27-24/h7-14,16H,6,15H2,1-5H3,(H,26,27,30)/t16-/m0/s1. The quantitative estimate of drug-likeness (QED) is 0.415. The Morgan fingerprint density at radius 2 is 1.82 bits per heavy atom. The summed E-state index contributed by atoms with van der Waals surface area (Å²) >= 11 is 0. The first-order valence-corrected chi connectivity index (χ1v) is 10.8. The zero-order valence-electron chi connectivity index (χ0n) is 20.0. The second kappa shape index (κ2) is 11.3.